The van der Waals surface area contributed by atoms with E-state index in [9.17, 15) is 18.0 Å². The smallest absolute Gasteiger partial charge is 0.348 e. The molecule has 0 spiro atoms. The summed E-state index contributed by atoms with van der Waals surface area (Å²) >= 11 is 1.21. The predicted molar refractivity (Wildman–Crippen MR) is 122 cm³/mol. The molecule has 0 fully saturated rings. The van der Waals surface area contributed by atoms with Gasteiger partial charge in [-0.2, -0.15) is 0 Å². The Bertz CT molecular complexity index is 1140. The summed E-state index contributed by atoms with van der Waals surface area (Å²) < 4.78 is 29.6. The Morgan fingerprint density at radius 2 is 1.61 bits per heavy atom. The Balaban J connectivity index is 1.46. The van der Waals surface area contributed by atoms with Crippen molar-refractivity contribution in [3.05, 3.63) is 76.5 Å². The van der Waals surface area contributed by atoms with E-state index in [1.807, 2.05) is 42.5 Å². The van der Waals surface area contributed by atoms with Gasteiger partial charge >= 0.3 is 5.97 Å². The fraction of sp³-hybridized carbons (Fsp3) is 0.182. The molecule has 0 aliphatic rings. The van der Waals surface area contributed by atoms with E-state index in [4.69, 9.17) is 4.74 Å². The van der Waals surface area contributed by atoms with Gasteiger partial charge in [0.1, 0.15) is 4.88 Å². The number of esters is 1. The summed E-state index contributed by atoms with van der Waals surface area (Å²) in [6.07, 6.45) is 1.55. The van der Waals surface area contributed by atoms with E-state index in [0.29, 0.717) is 17.0 Å². The maximum atomic E-state index is 12.1. The number of amides is 1. The molecule has 7 nitrogen and oxygen atoms in total. The second kappa shape index (κ2) is 10.3. The molecule has 9 heteroatoms. The Kier molecular flexibility index (Phi) is 7.56. The number of ether oxygens (including phenoxy) is 1. The lowest BCUT2D eigenvalue weighted by atomic mass is 10.1. The molecule has 31 heavy (non-hydrogen) atoms. The number of carbonyl (C=O) groups is 2. The van der Waals surface area contributed by atoms with Gasteiger partial charge in [0, 0.05) is 17.1 Å². The van der Waals surface area contributed by atoms with Crippen molar-refractivity contribution in [3.8, 4) is 11.1 Å². The summed E-state index contributed by atoms with van der Waals surface area (Å²) in [5, 5.41) is 2.70. The maximum absolute atomic E-state index is 12.1. The lowest BCUT2D eigenvalue weighted by molar-refractivity contribution is -0.119. The van der Waals surface area contributed by atoms with Crippen LogP contribution in [0.25, 0.3) is 11.1 Å². The summed E-state index contributed by atoms with van der Waals surface area (Å²) in [4.78, 5) is 25.4. The van der Waals surface area contributed by atoms with Gasteiger partial charge in [-0.1, -0.05) is 42.5 Å². The average Bonchev–Trinajstić information content (AvgIpc) is 3.21. The maximum Gasteiger partial charge on any atom is 0.348 e. The third-order valence-corrected chi connectivity index (χ3v) is 6.06. The van der Waals surface area contributed by atoms with E-state index in [0.717, 1.165) is 22.3 Å². The molecule has 1 aromatic heterocycles. The fourth-order valence-electron chi connectivity index (χ4n) is 2.76. The van der Waals surface area contributed by atoms with Crippen molar-refractivity contribution in [2.45, 2.75) is 6.42 Å². The first-order valence-corrected chi connectivity index (χ1v) is 12.2. The minimum absolute atomic E-state index is 0.249. The molecule has 2 N–H and O–H groups in total. The van der Waals surface area contributed by atoms with Crippen LogP contribution in [0.2, 0.25) is 0 Å². The topological polar surface area (TPSA) is 102 Å². The lowest BCUT2D eigenvalue weighted by Crippen LogP contribution is -2.24. The lowest BCUT2D eigenvalue weighted by Gasteiger charge is -2.07. The molecule has 3 aromatic rings. The van der Waals surface area contributed by atoms with Crippen LogP contribution in [0.1, 0.15) is 14.5 Å². The van der Waals surface area contributed by atoms with Crippen molar-refractivity contribution in [2.24, 2.45) is 0 Å². The van der Waals surface area contributed by atoms with Gasteiger partial charge in [0.2, 0.25) is 10.0 Å². The number of hydrogen-bond acceptors (Lipinski definition) is 6. The Morgan fingerprint density at radius 1 is 0.935 bits per heavy atom. The number of thiophene rings is 1. The largest absolute Gasteiger partial charge is 0.451 e. The van der Waals surface area contributed by atoms with Crippen LogP contribution in [-0.2, 0) is 26.0 Å². The van der Waals surface area contributed by atoms with E-state index in [2.05, 4.69) is 10.0 Å². The normalized spacial score (nSPS) is 11.1. The second-order valence-electron chi connectivity index (χ2n) is 6.75. The van der Waals surface area contributed by atoms with Gasteiger partial charge in [0.05, 0.1) is 6.26 Å². The molecule has 0 aliphatic heterocycles. The fourth-order valence-corrected chi connectivity index (χ4v) is 4.13. The van der Waals surface area contributed by atoms with Gasteiger partial charge in [-0.15, -0.1) is 11.3 Å². The summed E-state index contributed by atoms with van der Waals surface area (Å²) in [5.74, 6) is -1.03. The third kappa shape index (κ3) is 7.32. The van der Waals surface area contributed by atoms with E-state index in [-0.39, 0.29) is 6.54 Å². The van der Waals surface area contributed by atoms with E-state index < -0.39 is 28.5 Å². The average molecular weight is 459 g/mol. The molecule has 0 saturated heterocycles. The molecule has 1 heterocycles. The minimum Gasteiger partial charge on any atom is -0.451 e. The second-order valence-corrected chi connectivity index (χ2v) is 9.75. The van der Waals surface area contributed by atoms with Crippen LogP contribution in [0.15, 0.2) is 66.7 Å². The van der Waals surface area contributed by atoms with Crippen molar-refractivity contribution in [2.75, 3.05) is 24.7 Å². The number of sulfonamides is 1. The number of nitrogens with one attached hydrogen (secondary N) is 2. The zero-order chi connectivity index (χ0) is 22.3. The van der Waals surface area contributed by atoms with Crippen LogP contribution in [0.3, 0.4) is 0 Å². The molecule has 2 aromatic carbocycles. The van der Waals surface area contributed by atoms with Gasteiger partial charge in [-0.3, -0.25) is 4.79 Å². The summed E-state index contributed by atoms with van der Waals surface area (Å²) in [7, 11) is -3.25. The van der Waals surface area contributed by atoms with Crippen LogP contribution in [-0.4, -0.2) is 39.7 Å². The molecule has 0 atom stereocenters. The van der Waals surface area contributed by atoms with Gasteiger partial charge < -0.3 is 10.1 Å². The molecule has 0 unspecified atom stereocenters. The first-order valence-electron chi connectivity index (χ1n) is 9.46. The monoisotopic (exact) mass is 458 g/mol. The quantitative estimate of drug-likeness (QED) is 0.479. The summed E-state index contributed by atoms with van der Waals surface area (Å²) in [6, 6.07) is 20.6. The molecule has 0 aliphatic carbocycles. The standard InChI is InChI=1S/C22H22N2O5S2/c1-31(27,28)23-14-13-19-11-12-20(30-19)22(26)29-15-21(25)24-18-9-7-17(8-10-18)16-5-3-2-4-6-16/h2-12,23H,13-15H2,1H3,(H,24,25). The van der Waals surface area contributed by atoms with E-state index in [1.54, 1.807) is 24.3 Å². The van der Waals surface area contributed by atoms with Crippen LogP contribution in [0.5, 0.6) is 0 Å². The molecule has 3 rings (SSSR count). The van der Waals surface area contributed by atoms with Crippen LogP contribution in [0, 0.1) is 0 Å². The highest BCUT2D eigenvalue weighted by molar-refractivity contribution is 7.88. The van der Waals surface area contributed by atoms with Gasteiger partial charge in [0.25, 0.3) is 5.91 Å². The highest BCUT2D eigenvalue weighted by atomic mass is 32.2. The van der Waals surface area contributed by atoms with Crippen LogP contribution >= 0.6 is 11.3 Å². The van der Waals surface area contributed by atoms with Crippen LogP contribution < -0.4 is 10.0 Å². The van der Waals surface area contributed by atoms with Crippen LogP contribution in [0.4, 0.5) is 5.69 Å². The number of benzene rings is 2. The summed E-state index contributed by atoms with van der Waals surface area (Å²) in [5.41, 5.74) is 2.72. The first kappa shape index (κ1) is 22.7. The minimum atomic E-state index is -3.25. The number of hydrogen-bond donors (Lipinski definition) is 2. The molecular weight excluding hydrogens is 436 g/mol. The highest BCUT2D eigenvalue weighted by Gasteiger charge is 2.13. The zero-order valence-electron chi connectivity index (χ0n) is 16.8. The molecule has 162 valence electrons. The molecule has 0 bridgehead atoms. The van der Waals surface area contributed by atoms with Gasteiger partial charge in [-0.25, -0.2) is 17.9 Å². The first-order chi connectivity index (χ1) is 14.8. The van der Waals surface area contributed by atoms with Crippen molar-refractivity contribution >= 4 is 38.9 Å². The third-order valence-electron chi connectivity index (χ3n) is 4.21. The zero-order valence-corrected chi connectivity index (χ0v) is 18.5. The molecule has 1 amide bonds. The van der Waals surface area contributed by atoms with Crippen molar-refractivity contribution in [1.29, 1.82) is 0 Å². The van der Waals surface area contributed by atoms with Gasteiger partial charge in [0.15, 0.2) is 6.61 Å². The van der Waals surface area contributed by atoms with E-state index >= 15 is 0 Å². The predicted octanol–water partition coefficient (Wildman–Crippen LogP) is 3.30. The van der Waals surface area contributed by atoms with Crippen molar-refractivity contribution in [3.63, 3.8) is 0 Å². The molecule has 0 saturated carbocycles. The number of rotatable bonds is 9. The SMILES string of the molecule is CS(=O)(=O)NCCc1ccc(C(=O)OCC(=O)Nc2ccc(-c3ccccc3)cc2)s1. The highest BCUT2D eigenvalue weighted by Crippen LogP contribution is 2.21. The molecule has 0 radical (unpaired) electrons. The Labute approximate surface area is 185 Å². The van der Waals surface area contributed by atoms with E-state index in [1.165, 1.54) is 11.3 Å². The summed E-state index contributed by atoms with van der Waals surface area (Å²) in [6.45, 7) is -0.151. The Morgan fingerprint density at radius 3 is 2.29 bits per heavy atom. The Hall–Kier alpha value is -3.01. The van der Waals surface area contributed by atoms with Crippen molar-refractivity contribution in [1.82, 2.24) is 4.72 Å². The number of anilines is 1. The number of carbonyl (C=O) groups excluding carboxylic acids is 2. The van der Waals surface area contributed by atoms with Gasteiger partial charge in [-0.05, 0) is 41.8 Å². The molecular formula is C22H22N2O5S2. The van der Waals surface area contributed by atoms with Crippen molar-refractivity contribution < 1.29 is 22.7 Å².